The third kappa shape index (κ3) is 2.18. The molecule has 1 amide bonds. The van der Waals surface area contributed by atoms with E-state index in [1.807, 2.05) is 13.0 Å². The van der Waals surface area contributed by atoms with E-state index in [0.29, 0.717) is 17.1 Å². The van der Waals surface area contributed by atoms with E-state index in [-0.39, 0.29) is 11.3 Å². The summed E-state index contributed by atoms with van der Waals surface area (Å²) in [4.78, 5) is 14.0. The number of amides is 1. The normalized spacial score (nSPS) is 20.2. The van der Waals surface area contributed by atoms with Gasteiger partial charge in [-0.3, -0.25) is 4.79 Å². The minimum absolute atomic E-state index is 0.0307. The van der Waals surface area contributed by atoms with Crippen molar-refractivity contribution in [1.82, 2.24) is 4.90 Å². The molecule has 86 valence electrons. The monoisotopic (exact) mass is 257 g/mol. The van der Waals surface area contributed by atoms with Crippen molar-refractivity contribution >= 4 is 29.1 Å². The molecule has 1 saturated heterocycles. The number of rotatable bonds is 1. The Balaban J connectivity index is 2.24. The summed E-state index contributed by atoms with van der Waals surface area (Å²) in [6.07, 6.45) is 0.868. The second-order valence-electron chi connectivity index (χ2n) is 4.05. The lowest BCUT2D eigenvalue weighted by molar-refractivity contribution is 0.0792. The largest absolute Gasteiger partial charge is 0.337 e. The van der Waals surface area contributed by atoms with Crippen LogP contribution in [0.25, 0.3) is 0 Å². The van der Waals surface area contributed by atoms with Crippen molar-refractivity contribution in [2.75, 3.05) is 13.1 Å². The summed E-state index contributed by atoms with van der Waals surface area (Å²) in [6.45, 7) is 3.23. The van der Waals surface area contributed by atoms with Crippen LogP contribution in [0.3, 0.4) is 0 Å². The Labute approximate surface area is 105 Å². The van der Waals surface area contributed by atoms with Crippen molar-refractivity contribution in [2.45, 2.75) is 18.7 Å². The summed E-state index contributed by atoms with van der Waals surface area (Å²) in [7, 11) is 0. The second-order valence-corrected chi connectivity index (χ2v) is 5.07. The van der Waals surface area contributed by atoms with Crippen molar-refractivity contribution in [2.24, 2.45) is 0 Å². The minimum Gasteiger partial charge on any atom is -0.337 e. The molecule has 1 aliphatic rings. The predicted octanol–water partition coefficient (Wildman–Crippen LogP) is 3.10. The third-order valence-electron chi connectivity index (χ3n) is 2.92. The number of nitrogens with zero attached hydrogens (tertiary/aromatic N) is 1. The highest BCUT2D eigenvalue weighted by Gasteiger charge is 2.26. The Kier molecular flexibility index (Phi) is 3.41. The Hall–Kier alpha value is -0.730. The molecular formula is C12H13Cl2NO. The van der Waals surface area contributed by atoms with Gasteiger partial charge >= 0.3 is 0 Å². The number of carbonyl (C=O) groups excluding carboxylic acids is 1. The van der Waals surface area contributed by atoms with Gasteiger partial charge < -0.3 is 4.90 Å². The van der Waals surface area contributed by atoms with Gasteiger partial charge in [0.05, 0.1) is 5.38 Å². The fraction of sp³-hybridized carbons (Fsp3) is 0.417. The van der Waals surface area contributed by atoms with Crippen LogP contribution in [-0.2, 0) is 0 Å². The maximum Gasteiger partial charge on any atom is 0.254 e. The van der Waals surface area contributed by atoms with E-state index in [1.165, 1.54) is 0 Å². The summed E-state index contributed by atoms with van der Waals surface area (Å²) in [5.74, 6) is 0.0307. The van der Waals surface area contributed by atoms with E-state index in [4.69, 9.17) is 23.2 Å². The van der Waals surface area contributed by atoms with Crippen LogP contribution < -0.4 is 0 Å². The number of likely N-dealkylation sites (tertiary alicyclic amines) is 1. The molecule has 1 aromatic carbocycles. The molecule has 0 N–H and O–H groups in total. The highest BCUT2D eigenvalue weighted by Crippen LogP contribution is 2.23. The summed E-state index contributed by atoms with van der Waals surface area (Å²) in [5, 5.41) is 0.718. The quantitative estimate of drug-likeness (QED) is 0.709. The van der Waals surface area contributed by atoms with Crippen LogP contribution in [0.4, 0.5) is 0 Å². The maximum atomic E-state index is 12.2. The molecule has 0 spiro atoms. The molecule has 1 aliphatic heterocycles. The molecule has 1 heterocycles. The molecule has 1 atom stereocenters. The molecule has 0 aliphatic carbocycles. The molecule has 0 saturated carbocycles. The fourth-order valence-corrected chi connectivity index (χ4v) is 2.35. The first-order valence-electron chi connectivity index (χ1n) is 5.28. The molecular weight excluding hydrogens is 245 g/mol. The molecule has 0 radical (unpaired) electrons. The van der Waals surface area contributed by atoms with Gasteiger partial charge in [0.2, 0.25) is 0 Å². The second kappa shape index (κ2) is 4.64. The van der Waals surface area contributed by atoms with E-state index in [9.17, 15) is 4.79 Å². The Morgan fingerprint density at radius 3 is 2.88 bits per heavy atom. The first-order chi connectivity index (χ1) is 7.59. The zero-order valence-corrected chi connectivity index (χ0v) is 10.6. The number of alkyl halides is 1. The topological polar surface area (TPSA) is 20.3 Å². The van der Waals surface area contributed by atoms with E-state index < -0.39 is 0 Å². The molecule has 1 fully saturated rings. The molecule has 2 rings (SSSR count). The molecule has 2 nitrogen and oxygen atoms in total. The van der Waals surface area contributed by atoms with Gasteiger partial charge in [0.1, 0.15) is 0 Å². The minimum atomic E-state index is 0.0307. The summed E-state index contributed by atoms with van der Waals surface area (Å²) in [5.41, 5.74) is 1.52. The molecule has 1 aromatic rings. The van der Waals surface area contributed by atoms with Crippen LogP contribution >= 0.6 is 23.2 Å². The standard InChI is InChI=1S/C12H13Cl2NO/c1-8-10(3-2-4-11(8)14)12(16)15-6-5-9(13)7-15/h2-4,9H,5-7H2,1H3. The van der Waals surface area contributed by atoms with Crippen LogP contribution in [0.2, 0.25) is 5.02 Å². The molecule has 4 heteroatoms. The van der Waals surface area contributed by atoms with Crippen LogP contribution in [0, 0.1) is 6.92 Å². The van der Waals surface area contributed by atoms with Gasteiger partial charge in [-0.25, -0.2) is 0 Å². The Bertz CT molecular complexity index is 419. The van der Waals surface area contributed by atoms with E-state index >= 15 is 0 Å². The lowest BCUT2D eigenvalue weighted by atomic mass is 10.1. The number of benzene rings is 1. The Morgan fingerprint density at radius 2 is 2.25 bits per heavy atom. The van der Waals surface area contributed by atoms with Crippen molar-refractivity contribution in [3.63, 3.8) is 0 Å². The molecule has 1 unspecified atom stereocenters. The third-order valence-corrected chi connectivity index (χ3v) is 3.68. The van der Waals surface area contributed by atoms with Gasteiger partial charge in [-0.05, 0) is 31.0 Å². The number of hydrogen-bond donors (Lipinski definition) is 0. The van der Waals surface area contributed by atoms with Crippen molar-refractivity contribution in [3.8, 4) is 0 Å². The number of carbonyl (C=O) groups is 1. The zero-order chi connectivity index (χ0) is 11.7. The van der Waals surface area contributed by atoms with Crippen LogP contribution in [0.15, 0.2) is 18.2 Å². The van der Waals surface area contributed by atoms with Gasteiger partial charge in [0, 0.05) is 23.7 Å². The van der Waals surface area contributed by atoms with Crippen LogP contribution in [-0.4, -0.2) is 29.3 Å². The highest BCUT2D eigenvalue weighted by atomic mass is 35.5. The highest BCUT2D eigenvalue weighted by molar-refractivity contribution is 6.31. The lowest BCUT2D eigenvalue weighted by Gasteiger charge is -2.17. The van der Waals surface area contributed by atoms with Gasteiger partial charge in [0.25, 0.3) is 5.91 Å². The summed E-state index contributed by atoms with van der Waals surface area (Å²) >= 11 is 12.0. The average Bonchev–Trinajstić information content (AvgIpc) is 2.68. The smallest absolute Gasteiger partial charge is 0.254 e. The van der Waals surface area contributed by atoms with Crippen molar-refractivity contribution in [3.05, 3.63) is 34.3 Å². The SMILES string of the molecule is Cc1c(Cl)cccc1C(=O)N1CCC(Cl)C1. The van der Waals surface area contributed by atoms with Gasteiger partial charge in [-0.15, -0.1) is 11.6 Å². The fourth-order valence-electron chi connectivity index (χ4n) is 1.91. The van der Waals surface area contributed by atoms with Crippen LogP contribution in [0.5, 0.6) is 0 Å². The average molecular weight is 258 g/mol. The van der Waals surface area contributed by atoms with Gasteiger partial charge in [-0.2, -0.15) is 0 Å². The molecule has 16 heavy (non-hydrogen) atoms. The molecule has 0 aromatic heterocycles. The zero-order valence-electron chi connectivity index (χ0n) is 9.04. The maximum absolute atomic E-state index is 12.2. The first-order valence-corrected chi connectivity index (χ1v) is 6.09. The predicted molar refractivity (Wildman–Crippen MR) is 66.4 cm³/mol. The lowest BCUT2D eigenvalue weighted by Crippen LogP contribution is -2.29. The van der Waals surface area contributed by atoms with E-state index in [2.05, 4.69) is 0 Å². The van der Waals surface area contributed by atoms with Gasteiger partial charge in [-0.1, -0.05) is 17.7 Å². The Morgan fingerprint density at radius 1 is 1.50 bits per heavy atom. The van der Waals surface area contributed by atoms with Crippen LogP contribution in [0.1, 0.15) is 22.3 Å². The van der Waals surface area contributed by atoms with Crippen molar-refractivity contribution in [1.29, 1.82) is 0 Å². The first kappa shape index (κ1) is 11.7. The van der Waals surface area contributed by atoms with E-state index in [1.54, 1.807) is 17.0 Å². The molecule has 0 bridgehead atoms. The van der Waals surface area contributed by atoms with Gasteiger partial charge in [0.15, 0.2) is 0 Å². The number of hydrogen-bond acceptors (Lipinski definition) is 1. The number of halogens is 2. The summed E-state index contributed by atoms with van der Waals surface area (Å²) in [6, 6.07) is 5.41. The van der Waals surface area contributed by atoms with Crippen molar-refractivity contribution < 1.29 is 4.79 Å². The summed E-state index contributed by atoms with van der Waals surface area (Å²) < 4.78 is 0. The van der Waals surface area contributed by atoms with E-state index in [0.717, 1.165) is 18.5 Å².